The summed E-state index contributed by atoms with van der Waals surface area (Å²) in [5.74, 6) is 0.693. The molecule has 0 radical (unpaired) electrons. The number of aromatic nitrogens is 3. The molecule has 3 rings (SSSR count). The SMILES string of the molecule is Cc1ccc(NC(=O)c2sc3nnc(C)n3c2C)c(C)c1. The zero-order valence-electron chi connectivity index (χ0n) is 12.4. The summed E-state index contributed by atoms with van der Waals surface area (Å²) < 4.78 is 1.90. The lowest BCUT2D eigenvalue weighted by atomic mass is 10.1. The second-order valence-electron chi connectivity index (χ2n) is 5.15. The van der Waals surface area contributed by atoms with E-state index in [0.29, 0.717) is 4.88 Å². The molecule has 2 aromatic heterocycles. The second-order valence-corrected chi connectivity index (χ2v) is 6.13. The van der Waals surface area contributed by atoms with Crippen LogP contribution in [0.25, 0.3) is 4.96 Å². The van der Waals surface area contributed by atoms with Crippen molar-refractivity contribution in [2.45, 2.75) is 27.7 Å². The monoisotopic (exact) mass is 300 g/mol. The van der Waals surface area contributed by atoms with Gasteiger partial charge in [-0.05, 0) is 39.3 Å². The molecule has 1 amide bonds. The predicted octanol–water partition coefficient (Wildman–Crippen LogP) is 3.28. The van der Waals surface area contributed by atoms with Crippen LogP contribution in [0.15, 0.2) is 18.2 Å². The molecule has 21 heavy (non-hydrogen) atoms. The first-order valence-corrected chi connectivity index (χ1v) is 7.48. The van der Waals surface area contributed by atoms with Crippen molar-refractivity contribution in [1.29, 1.82) is 0 Å². The molecule has 0 aliphatic heterocycles. The maximum Gasteiger partial charge on any atom is 0.267 e. The molecule has 0 bridgehead atoms. The summed E-state index contributed by atoms with van der Waals surface area (Å²) in [5, 5.41) is 11.1. The maximum absolute atomic E-state index is 12.5. The molecule has 3 aromatic rings. The van der Waals surface area contributed by atoms with Crippen molar-refractivity contribution < 1.29 is 4.79 Å². The van der Waals surface area contributed by atoms with Crippen molar-refractivity contribution in [1.82, 2.24) is 14.6 Å². The highest BCUT2D eigenvalue weighted by molar-refractivity contribution is 7.19. The van der Waals surface area contributed by atoms with Crippen molar-refractivity contribution in [2.24, 2.45) is 0 Å². The highest BCUT2D eigenvalue weighted by atomic mass is 32.1. The molecule has 1 N–H and O–H groups in total. The van der Waals surface area contributed by atoms with E-state index in [1.165, 1.54) is 16.9 Å². The van der Waals surface area contributed by atoms with E-state index in [4.69, 9.17) is 0 Å². The van der Waals surface area contributed by atoms with Gasteiger partial charge < -0.3 is 5.32 Å². The molecule has 0 saturated carbocycles. The fourth-order valence-corrected chi connectivity index (χ4v) is 3.41. The van der Waals surface area contributed by atoms with Crippen LogP contribution in [0.5, 0.6) is 0 Å². The Morgan fingerprint density at radius 1 is 1.19 bits per heavy atom. The number of carbonyl (C=O) groups excluding carboxylic acids is 1. The molecule has 0 aliphatic rings. The number of rotatable bonds is 2. The Bertz CT molecular complexity index is 847. The Kier molecular flexibility index (Phi) is 3.25. The van der Waals surface area contributed by atoms with Gasteiger partial charge in [-0.25, -0.2) is 0 Å². The van der Waals surface area contributed by atoms with E-state index in [9.17, 15) is 4.79 Å². The van der Waals surface area contributed by atoms with Gasteiger partial charge in [0, 0.05) is 11.4 Å². The number of anilines is 1. The highest BCUT2D eigenvalue weighted by Crippen LogP contribution is 2.24. The van der Waals surface area contributed by atoms with Gasteiger partial charge in [-0.2, -0.15) is 0 Å². The van der Waals surface area contributed by atoms with E-state index >= 15 is 0 Å². The number of nitrogens with one attached hydrogen (secondary N) is 1. The van der Waals surface area contributed by atoms with Gasteiger partial charge in [0.05, 0.1) is 0 Å². The van der Waals surface area contributed by atoms with E-state index in [1.54, 1.807) is 0 Å². The lowest BCUT2D eigenvalue weighted by Crippen LogP contribution is -2.13. The first-order valence-electron chi connectivity index (χ1n) is 6.67. The molecule has 5 nitrogen and oxygen atoms in total. The van der Waals surface area contributed by atoms with Gasteiger partial charge in [0.1, 0.15) is 10.7 Å². The smallest absolute Gasteiger partial charge is 0.267 e. The Labute approximate surface area is 126 Å². The van der Waals surface area contributed by atoms with Gasteiger partial charge in [0.15, 0.2) is 0 Å². The number of fused-ring (bicyclic) bond motifs is 1. The van der Waals surface area contributed by atoms with Crippen LogP contribution >= 0.6 is 11.3 Å². The van der Waals surface area contributed by atoms with Crippen molar-refractivity contribution >= 4 is 27.9 Å². The van der Waals surface area contributed by atoms with Crippen molar-refractivity contribution in [2.75, 3.05) is 5.32 Å². The van der Waals surface area contributed by atoms with Crippen LogP contribution in [-0.4, -0.2) is 20.5 Å². The lowest BCUT2D eigenvalue weighted by molar-refractivity contribution is 0.102. The van der Waals surface area contributed by atoms with Crippen LogP contribution in [0.2, 0.25) is 0 Å². The van der Waals surface area contributed by atoms with E-state index < -0.39 is 0 Å². The number of thiazole rings is 1. The highest BCUT2D eigenvalue weighted by Gasteiger charge is 2.18. The third-order valence-corrected chi connectivity index (χ3v) is 4.62. The minimum Gasteiger partial charge on any atom is -0.321 e. The number of carbonyl (C=O) groups is 1. The van der Waals surface area contributed by atoms with Crippen molar-refractivity contribution in [3.05, 3.63) is 45.7 Å². The number of hydrogen-bond donors (Lipinski definition) is 1. The second kappa shape index (κ2) is 4.96. The third kappa shape index (κ3) is 2.31. The average Bonchev–Trinajstić information content (AvgIpc) is 2.95. The van der Waals surface area contributed by atoms with E-state index in [1.807, 2.05) is 44.2 Å². The minimum atomic E-state index is -0.102. The van der Waals surface area contributed by atoms with Crippen molar-refractivity contribution in [3.63, 3.8) is 0 Å². The topological polar surface area (TPSA) is 59.3 Å². The van der Waals surface area contributed by atoms with E-state index in [-0.39, 0.29) is 5.91 Å². The van der Waals surface area contributed by atoms with Gasteiger partial charge >= 0.3 is 0 Å². The molecule has 0 fully saturated rings. The zero-order valence-corrected chi connectivity index (χ0v) is 13.2. The zero-order chi connectivity index (χ0) is 15.1. The average molecular weight is 300 g/mol. The molecular formula is C15H16N4OS. The predicted molar refractivity (Wildman–Crippen MR) is 84.2 cm³/mol. The molecule has 0 unspecified atom stereocenters. The largest absolute Gasteiger partial charge is 0.321 e. The number of nitrogens with zero attached hydrogens (tertiary/aromatic N) is 3. The van der Waals surface area contributed by atoms with Crippen LogP contribution in [0.3, 0.4) is 0 Å². The summed E-state index contributed by atoms with van der Waals surface area (Å²) in [6, 6.07) is 5.98. The fourth-order valence-electron chi connectivity index (χ4n) is 2.41. The normalized spacial score (nSPS) is 11.0. The molecule has 0 saturated heterocycles. The maximum atomic E-state index is 12.5. The molecule has 0 aliphatic carbocycles. The van der Waals surface area contributed by atoms with Gasteiger partial charge in [-0.3, -0.25) is 9.20 Å². The summed E-state index contributed by atoms with van der Waals surface area (Å²) in [5.41, 5.74) is 3.95. The van der Waals surface area contributed by atoms with Gasteiger partial charge in [-0.15, -0.1) is 10.2 Å². The van der Waals surface area contributed by atoms with Crippen LogP contribution in [0, 0.1) is 27.7 Å². The van der Waals surface area contributed by atoms with Crippen molar-refractivity contribution in [3.8, 4) is 0 Å². The Morgan fingerprint density at radius 3 is 2.62 bits per heavy atom. The third-order valence-electron chi connectivity index (χ3n) is 3.49. The number of aryl methyl sites for hydroxylation is 4. The molecule has 6 heteroatoms. The van der Waals surface area contributed by atoms with E-state index in [2.05, 4.69) is 21.6 Å². The first-order chi connectivity index (χ1) is 9.97. The summed E-state index contributed by atoms with van der Waals surface area (Å²) >= 11 is 1.36. The Balaban J connectivity index is 1.95. The summed E-state index contributed by atoms with van der Waals surface area (Å²) in [7, 11) is 0. The quantitative estimate of drug-likeness (QED) is 0.790. The van der Waals surface area contributed by atoms with E-state index in [0.717, 1.165) is 27.7 Å². The number of amides is 1. The Morgan fingerprint density at radius 2 is 1.95 bits per heavy atom. The molecule has 1 aromatic carbocycles. The van der Waals surface area contributed by atoms with Gasteiger partial charge in [-0.1, -0.05) is 29.0 Å². The van der Waals surface area contributed by atoms with Crippen LogP contribution in [-0.2, 0) is 0 Å². The number of hydrogen-bond acceptors (Lipinski definition) is 4. The molecule has 2 heterocycles. The fraction of sp³-hybridized carbons (Fsp3) is 0.267. The molecule has 108 valence electrons. The number of benzene rings is 1. The Hall–Kier alpha value is -2.21. The summed E-state index contributed by atoms with van der Waals surface area (Å²) in [6.07, 6.45) is 0. The van der Waals surface area contributed by atoms with Crippen LogP contribution in [0.4, 0.5) is 5.69 Å². The minimum absolute atomic E-state index is 0.102. The summed E-state index contributed by atoms with van der Waals surface area (Å²) in [4.78, 5) is 13.9. The van der Waals surface area contributed by atoms with Crippen LogP contribution in [0.1, 0.15) is 32.3 Å². The van der Waals surface area contributed by atoms with Gasteiger partial charge in [0.2, 0.25) is 4.96 Å². The first kappa shape index (κ1) is 13.8. The standard InChI is InChI=1S/C15H16N4OS/c1-8-5-6-12(9(2)7-8)16-14(20)13-10(3)19-11(4)17-18-15(19)21-13/h5-7H,1-4H3,(H,16,20). The van der Waals surface area contributed by atoms with Gasteiger partial charge in [0.25, 0.3) is 5.91 Å². The molecule has 0 atom stereocenters. The van der Waals surface area contributed by atoms with Crippen LogP contribution < -0.4 is 5.32 Å². The lowest BCUT2D eigenvalue weighted by Gasteiger charge is -2.08. The molecule has 0 spiro atoms. The summed E-state index contributed by atoms with van der Waals surface area (Å²) in [6.45, 7) is 7.82. The molecular weight excluding hydrogens is 284 g/mol.